The molecule has 0 atom stereocenters. The van der Waals surface area contributed by atoms with Crippen LogP contribution in [-0.2, 0) is 17.9 Å². The molecule has 0 saturated heterocycles. The third-order valence-corrected chi connectivity index (χ3v) is 3.65. The maximum Gasteiger partial charge on any atom is 0.338 e. The molecule has 27 heavy (non-hydrogen) atoms. The number of aromatic nitrogens is 2. The molecule has 0 radical (unpaired) electrons. The van der Waals surface area contributed by atoms with E-state index in [0.717, 1.165) is 5.56 Å². The van der Waals surface area contributed by atoms with E-state index in [9.17, 15) is 14.9 Å². The maximum atomic E-state index is 12.1. The second kappa shape index (κ2) is 8.09. The standard InChI is InChI=1S/C18H16N4O5/c1-12-20-21-17(27-12)11-26-18(23)14-7-8-15(16(9-14)22(24)25)19-10-13-5-3-2-4-6-13/h2-9,19H,10-11H2,1H3. The molecule has 2 aromatic carbocycles. The van der Waals surface area contributed by atoms with Crippen LogP contribution in [0.25, 0.3) is 0 Å². The van der Waals surface area contributed by atoms with E-state index in [4.69, 9.17) is 9.15 Å². The lowest BCUT2D eigenvalue weighted by atomic mass is 10.1. The van der Waals surface area contributed by atoms with Crippen LogP contribution in [0, 0.1) is 17.0 Å². The first-order chi connectivity index (χ1) is 13.0. The lowest BCUT2D eigenvalue weighted by Gasteiger charge is -2.09. The first kappa shape index (κ1) is 18.1. The molecule has 0 spiro atoms. The van der Waals surface area contributed by atoms with Crippen molar-refractivity contribution in [1.82, 2.24) is 10.2 Å². The van der Waals surface area contributed by atoms with E-state index in [1.165, 1.54) is 18.2 Å². The Balaban J connectivity index is 1.70. The molecule has 0 aliphatic carbocycles. The lowest BCUT2D eigenvalue weighted by Crippen LogP contribution is -2.08. The molecule has 9 nitrogen and oxygen atoms in total. The Bertz CT molecular complexity index is 955. The summed E-state index contributed by atoms with van der Waals surface area (Å²) in [5.74, 6) is -0.217. The first-order valence-corrected chi connectivity index (χ1v) is 8.05. The number of nitrogens with one attached hydrogen (secondary N) is 1. The second-order valence-electron chi connectivity index (χ2n) is 5.62. The number of ether oxygens (including phenoxy) is 1. The molecule has 0 bridgehead atoms. The predicted molar refractivity (Wildman–Crippen MR) is 95.0 cm³/mol. The van der Waals surface area contributed by atoms with Crippen LogP contribution in [0.15, 0.2) is 52.9 Å². The molecule has 0 unspecified atom stereocenters. The largest absolute Gasteiger partial charge is 0.452 e. The highest BCUT2D eigenvalue weighted by Crippen LogP contribution is 2.26. The summed E-state index contributed by atoms with van der Waals surface area (Å²) < 4.78 is 10.2. The highest BCUT2D eigenvalue weighted by molar-refractivity contribution is 5.91. The Morgan fingerprint density at radius 3 is 2.67 bits per heavy atom. The van der Waals surface area contributed by atoms with Crippen molar-refractivity contribution in [2.75, 3.05) is 5.32 Å². The van der Waals surface area contributed by atoms with Gasteiger partial charge in [-0.25, -0.2) is 4.79 Å². The van der Waals surface area contributed by atoms with Crippen molar-refractivity contribution < 1.29 is 18.9 Å². The summed E-state index contributed by atoms with van der Waals surface area (Å²) in [6.07, 6.45) is 0. The smallest absolute Gasteiger partial charge is 0.338 e. The van der Waals surface area contributed by atoms with Crippen molar-refractivity contribution in [3.8, 4) is 0 Å². The number of esters is 1. The minimum Gasteiger partial charge on any atom is -0.452 e. The Morgan fingerprint density at radius 2 is 2.00 bits per heavy atom. The quantitative estimate of drug-likeness (QED) is 0.383. The van der Waals surface area contributed by atoms with Crippen LogP contribution in [0.5, 0.6) is 0 Å². The molecule has 3 aromatic rings. The van der Waals surface area contributed by atoms with Crippen LogP contribution in [0.2, 0.25) is 0 Å². The SMILES string of the molecule is Cc1nnc(COC(=O)c2ccc(NCc3ccccc3)c([N+](=O)[O-])c2)o1. The fraction of sp³-hybridized carbons (Fsp3) is 0.167. The van der Waals surface area contributed by atoms with Gasteiger partial charge in [-0.05, 0) is 17.7 Å². The van der Waals surface area contributed by atoms with Gasteiger partial charge in [0.15, 0.2) is 6.61 Å². The van der Waals surface area contributed by atoms with Crippen molar-refractivity contribution in [3.63, 3.8) is 0 Å². The fourth-order valence-corrected chi connectivity index (χ4v) is 2.36. The summed E-state index contributed by atoms with van der Waals surface area (Å²) in [5.41, 5.74) is 1.13. The number of rotatable bonds is 7. The third kappa shape index (κ3) is 4.66. The Morgan fingerprint density at radius 1 is 1.22 bits per heavy atom. The molecule has 1 heterocycles. The van der Waals surface area contributed by atoms with Crippen LogP contribution in [0.4, 0.5) is 11.4 Å². The van der Waals surface area contributed by atoms with Gasteiger partial charge in [-0.3, -0.25) is 10.1 Å². The lowest BCUT2D eigenvalue weighted by molar-refractivity contribution is -0.384. The number of carbonyl (C=O) groups is 1. The van der Waals surface area contributed by atoms with Gasteiger partial charge >= 0.3 is 5.97 Å². The van der Waals surface area contributed by atoms with Crippen LogP contribution >= 0.6 is 0 Å². The van der Waals surface area contributed by atoms with Crippen LogP contribution in [0.3, 0.4) is 0 Å². The number of nitro groups is 1. The molecule has 0 saturated carbocycles. The molecule has 0 aliphatic heterocycles. The molecule has 1 N–H and O–H groups in total. The van der Waals surface area contributed by atoms with E-state index in [1.807, 2.05) is 30.3 Å². The average Bonchev–Trinajstić information content (AvgIpc) is 3.10. The van der Waals surface area contributed by atoms with Gasteiger partial charge in [-0.1, -0.05) is 30.3 Å². The number of nitrogens with zero attached hydrogens (tertiary/aromatic N) is 3. The number of nitro benzene ring substituents is 1. The highest BCUT2D eigenvalue weighted by atomic mass is 16.6. The minimum atomic E-state index is -0.719. The third-order valence-electron chi connectivity index (χ3n) is 3.65. The van der Waals surface area contributed by atoms with Gasteiger partial charge < -0.3 is 14.5 Å². The number of anilines is 1. The second-order valence-corrected chi connectivity index (χ2v) is 5.62. The number of carbonyl (C=O) groups excluding carboxylic acids is 1. The Labute approximate surface area is 154 Å². The molecule has 3 rings (SSSR count). The molecule has 0 fully saturated rings. The molecule has 138 valence electrons. The number of hydrogen-bond donors (Lipinski definition) is 1. The molecular weight excluding hydrogens is 352 g/mol. The van der Waals surface area contributed by atoms with Crippen molar-refractivity contribution in [2.45, 2.75) is 20.1 Å². The zero-order chi connectivity index (χ0) is 19.2. The van der Waals surface area contributed by atoms with E-state index in [1.54, 1.807) is 6.92 Å². The first-order valence-electron chi connectivity index (χ1n) is 8.05. The molecule has 9 heteroatoms. The predicted octanol–water partition coefficient (Wildman–Crippen LogP) is 3.26. The minimum absolute atomic E-state index is 0.0585. The van der Waals surface area contributed by atoms with Gasteiger partial charge in [-0.15, -0.1) is 10.2 Å². The zero-order valence-electron chi connectivity index (χ0n) is 14.4. The van der Waals surface area contributed by atoms with Crippen molar-refractivity contribution >= 4 is 17.3 Å². The zero-order valence-corrected chi connectivity index (χ0v) is 14.4. The Hall–Kier alpha value is -3.75. The monoisotopic (exact) mass is 368 g/mol. The van der Waals surface area contributed by atoms with E-state index in [-0.39, 0.29) is 23.7 Å². The normalized spacial score (nSPS) is 10.4. The summed E-state index contributed by atoms with van der Waals surface area (Å²) in [5, 5.41) is 21.7. The molecule has 0 amide bonds. The summed E-state index contributed by atoms with van der Waals surface area (Å²) in [7, 11) is 0. The van der Waals surface area contributed by atoms with Gasteiger partial charge in [0.2, 0.25) is 5.89 Å². The maximum absolute atomic E-state index is 12.1. The molecule has 1 aromatic heterocycles. The van der Waals surface area contributed by atoms with Crippen LogP contribution in [0.1, 0.15) is 27.7 Å². The summed E-state index contributed by atoms with van der Waals surface area (Å²) in [4.78, 5) is 23.0. The fourth-order valence-electron chi connectivity index (χ4n) is 2.36. The van der Waals surface area contributed by atoms with Gasteiger partial charge in [0, 0.05) is 19.5 Å². The molecular formula is C18H16N4O5. The summed E-state index contributed by atoms with van der Waals surface area (Å²) in [6.45, 7) is 1.83. The van der Waals surface area contributed by atoms with Crippen LogP contribution in [-0.4, -0.2) is 21.1 Å². The topological polar surface area (TPSA) is 120 Å². The van der Waals surface area contributed by atoms with E-state index >= 15 is 0 Å². The van der Waals surface area contributed by atoms with Gasteiger partial charge in [0.1, 0.15) is 5.69 Å². The Kier molecular flexibility index (Phi) is 5.41. The van der Waals surface area contributed by atoms with Crippen molar-refractivity contribution in [1.29, 1.82) is 0 Å². The van der Waals surface area contributed by atoms with E-state index < -0.39 is 10.9 Å². The number of aryl methyl sites for hydroxylation is 1. The van der Waals surface area contributed by atoms with Crippen LogP contribution < -0.4 is 5.32 Å². The number of benzene rings is 2. The molecule has 0 aliphatic rings. The summed E-state index contributed by atoms with van der Waals surface area (Å²) >= 11 is 0. The van der Waals surface area contributed by atoms with Gasteiger partial charge in [0.05, 0.1) is 10.5 Å². The van der Waals surface area contributed by atoms with Crippen molar-refractivity contribution in [2.24, 2.45) is 0 Å². The van der Waals surface area contributed by atoms with Crippen molar-refractivity contribution in [3.05, 3.63) is 81.6 Å². The van der Waals surface area contributed by atoms with E-state index in [2.05, 4.69) is 15.5 Å². The number of hydrogen-bond acceptors (Lipinski definition) is 8. The van der Waals surface area contributed by atoms with Gasteiger partial charge in [-0.2, -0.15) is 0 Å². The summed E-state index contributed by atoms with van der Waals surface area (Å²) in [6, 6.07) is 13.6. The highest BCUT2D eigenvalue weighted by Gasteiger charge is 2.19. The van der Waals surface area contributed by atoms with E-state index in [0.29, 0.717) is 18.1 Å². The van der Waals surface area contributed by atoms with Gasteiger partial charge in [0.25, 0.3) is 11.6 Å². The average molecular weight is 368 g/mol.